The molecule has 2 aromatic rings. The number of hydrogen-bond donors (Lipinski definition) is 2. The van der Waals surface area contributed by atoms with E-state index in [1.54, 1.807) is 11.3 Å². The maximum Gasteiger partial charge on any atom is 0.296 e. The van der Waals surface area contributed by atoms with Crippen LogP contribution in [0.5, 0.6) is 5.75 Å². The fourth-order valence-electron chi connectivity index (χ4n) is 2.18. The first-order valence-corrected chi connectivity index (χ1v) is 7.01. The van der Waals surface area contributed by atoms with E-state index in [9.17, 15) is 15.2 Å². The predicted molar refractivity (Wildman–Crippen MR) is 80.6 cm³/mol. The highest BCUT2D eigenvalue weighted by Gasteiger charge is 2.18. The van der Waals surface area contributed by atoms with Crippen molar-refractivity contribution in [1.82, 2.24) is 0 Å². The minimum absolute atomic E-state index is 0.0387. The molecule has 6 heteroatoms. The molecule has 0 aliphatic rings. The van der Waals surface area contributed by atoms with Crippen LogP contribution in [0.3, 0.4) is 0 Å². The number of nitro benzene ring substituents is 1. The summed E-state index contributed by atoms with van der Waals surface area (Å²) in [4.78, 5) is 12.9. The lowest BCUT2D eigenvalue weighted by molar-refractivity contribution is -0.384. The molecule has 20 heavy (non-hydrogen) atoms. The van der Waals surface area contributed by atoms with Gasteiger partial charge < -0.3 is 10.4 Å². The third kappa shape index (κ3) is 2.91. The van der Waals surface area contributed by atoms with Crippen LogP contribution in [0.15, 0.2) is 24.3 Å². The number of benzene rings is 1. The van der Waals surface area contributed by atoms with Gasteiger partial charge in [0, 0.05) is 15.8 Å². The maximum absolute atomic E-state index is 11.0. The molecule has 2 rings (SSSR count). The molecular formula is C14H16N2O3S. The molecular weight excluding hydrogens is 276 g/mol. The molecule has 0 bridgehead atoms. The van der Waals surface area contributed by atoms with Crippen LogP contribution in [0.2, 0.25) is 0 Å². The monoisotopic (exact) mass is 292 g/mol. The highest BCUT2D eigenvalue weighted by atomic mass is 32.1. The van der Waals surface area contributed by atoms with E-state index in [1.807, 2.05) is 20.8 Å². The summed E-state index contributed by atoms with van der Waals surface area (Å²) < 4.78 is 0. The van der Waals surface area contributed by atoms with Crippen molar-refractivity contribution in [2.75, 3.05) is 5.32 Å². The summed E-state index contributed by atoms with van der Waals surface area (Å²) in [5.41, 5.74) is 1.42. The highest BCUT2D eigenvalue weighted by molar-refractivity contribution is 7.12. The molecule has 1 aromatic heterocycles. The van der Waals surface area contributed by atoms with Crippen molar-refractivity contribution in [1.29, 1.82) is 0 Å². The number of nitrogens with zero attached hydrogens (tertiary/aromatic N) is 1. The Kier molecular flexibility index (Phi) is 3.94. The molecule has 0 amide bonds. The number of anilines is 1. The van der Waals surface area contributed by atoms with Crippen molar-refractivity contribution in [3.63, 3.8) is 0 Å². The summed E-state index contributed by atoms with van der Waals surface area (Å²) in [5, 5.41) is 23.5. The van der Waals surface area contributed by atoms with Gasteiger partial charge in [-0.1, -0.05) is 0 Å². The fraction of sp³-hybridized carbons (Fsp3) is 0.286. The number of rotatable bonds is 4. The molecule has 0 fully saturated rings. The summed E-state index contributed by atoms with van der Waals surface area (Å²) in [6.07, 6.45) is 0. The molecule has 0 radical (unpaired) electrons. The Morgan fingerprint density at radius 3 is 2.60 bits per heavy atom. The van der Waals surface area contributed by atoms with E-state index in [-0.39, 0.29) is 17.5 Å². The van der Waals surface area contributed by atoms with Gasteiger partial charge in [0.05, 0.1) is 11.0 Å². The Bertz CT molecular complexity index is 652. The number of phenols is 1. The quantitative estimate of drug-likeness (QED) is 0.504. The van der Waals surface area contributed by atoms with Crippen molar-refractivity contribution >= 4 is 22.7 Å². The number of phenolic OH excluding ortho intramolecular Hbond substituents is 1. The standard InChI is InChI=1S/C14H16N2O3S/c1-8-6-12(10(3)20-8)9(2)15-13-5-4-11(17)7-14(13)16(18)19/h4-7,9,15,17H,1-3H3. The van der Waals surface area contributed by atoms with Crippen molar-refractivity contribution in [2.24, 2.45) is 0 Å². The third-order valence-corrected chi connectivity index (χ3v) is 4.08. The second-order valence-corrected chi connectivity index (χ2v) is 6.15. The molecule has 5 nitrogen and oxygen atoms in total. The molecule has 0 spiro atoms. The van der Waals surface area contributed by atoms with Gasteiger partial charge >= 0.3 is 0 Å². The summed E-state index contributed by atoms with van der Waals surface area (Å²) in [6.45, 7) is 6.04. The molecule has 0 saturated heterocycles. The Morgan fingerprint density at radius 2 is 2.05 bits per heavy atom. The van der Waals surface area contributed by atoms with Gasteiger partial charge in [0.15, 0.2) is 0 Å². The molecule has 2 N–H and O–H groups in total. The minimum Gasteiger partial charge on any atom is -0.508 e. The number of aromatic hydroxyl groups is 1. The third-order valence-electron chi connectivity index (χ3n) is 3.10. The van der Waals surface area contributed by atoms with Gasteiger partial charge in [-0.2, -0.15) is 0 Å². The smallest absolute Gasteiger partial charge is 0.296 e. The zero-order valence-electron chi connectivity index (χ0n) is 11.5. The molecule has 1 aromatic carbocycles. The van der Waals surface area contributed by atoms with Crippen LogP contribution in [0.4, 0.5) is 11.4 Å². The Morgan fingerprint density at radius 1 is 1.35 bits per heavy atom. The van der Waals surface area contributed by atoms with E-state index in [0.717, 1.165) is 11.6 Å². The minimum atomic E-state index is -0.500. The zero-order valence-corrected chi connectivity index (χ0v) is 12.3. The van der Waals surface area contributed by atoms with Gasteiger partial charge in [-0.15, -0.1) is 11.3 Å². The maximum atomic E-state index is 11.0. The van der Waals surface area contributed by atoms with Gasteiger partial charge in [0.25, 0.3) is 5.69 Å². The van der Waals surface area contributed by atoms with Crippen LogP contribution in [-0.4, -0.2) is 10.0 Å². The average Bonchev–Trinajstić information content (AvgIpc) is 2.70. The van der Waals surface area contributed by atoms with Gasteiger partial charge in [-0.25, -0.2) is 0 Å². The van der Waals surface area contributed by atoms with Crippen molar-refractivity contribution in [2.45, 2.75) is 26.8 Å². The number of hydrogen-bond acceptors (Lipinski definition) is 5. The fourth-order valence-corrected chi connectivity index (χ4v) is 3.21. The van der Waals surface area contributed by atoms with Crippen molar-refractivity contribution < 1.29 is 10.0 Å². The summed E-state index contributed by atoms with van der Waals surface area (Å²) >= 11 is 1.71. The van der Waals surface area contributed by atoms with Crippen LogP contribution in [0.25, 0.3) is 0 Å². The molecule has 1 atom stereocenters. The van der Waals surface area contributed by atoms with Gasteiger partial charge in [-0.05, 0) is 44.5 Å². The summed E-state index contributed by atoms with van der Waals surface area (Å²) in [5.74, 6) is -0.113. The first kappa shape index (κ1) is 14.3. The van der Waals surface area contributed by atoms with Gasteiger partial charge in [-0.3, -0.25) is 10.1 Å². The summed E-state index contributed by atoms with van der Waals surface area (Å²) in [7, 11) is 0. The van der Waals surface area contributed by atoms with Gasteiger partial charge in [0.1, 0.15) is 11.4 Å². The van der Waals surface area contributed by atoms with E-state index in [0.29, 0.717) is 5.69 Å². The largest absolute Gasteiger partial charge is 0.508 e. The topological polar surface area (TPSA) is 75.4 Å². The van der Waals surface area contributed by atoms with E-state index >= 15 is 0 Å². The predicted octanol–water partition coefficient (Wildman–Crippen LogP) is 4.15. The molecule has 0 saturated carbocycles. The van der Waals surface area contributed by atoms with Crippen molar-refractivity contribution in [3.8, 4) is 5.75 Å². The Hall–Kier alpha value is -2.08. The number of thiophene rings is 1. The number of aryl methyl sites for hydroxylation is 2. The Balaban J connectivity index is 2.30. The van der Waals surface area contributed by atoms with E-state index in [2.05, 4.69) is 11.4 Å². The Labute approximate surface area is 121 Å². The van der Waals surface area contributed by atoms with Crippen LogP contribution in [-0.2, 0) is 0 Å². The molecule has 1 heterocycles. The number of nitro groups is 1. The highest BCUT2D eigenvalue weighted by Crippen LogP contribution is 2.33. The van der Waals surface area contributed by atoms with E-state index in [1.165, 1.54) is 21.9 Å². The van der Waals surface area contributed by atoms with Crippen LogP contribution in [0, 0.1) is 24.0 Å². The van der Waals surface area contributed by atoms with Crippen LogP contribution < -0.4 is 5.32 Å². The lowest BCUT2D eigenvalue weighted by Crippen LogP contribution is -2.08. The summed E-state index contributed by atoms with van der Waals surface area (Å²) in [6, 6.07) is 6.17. The van der Waals surface area contributed by atoms with Crippen LogP contribution in [0.1, 0.15) is 28.3 Å². The second-order valence-electron chi connectivity index (χ2n) is 4.69. The van der Waals surface area contributed by atoms with E-state index in [4.69, 9.17) is 0 Å². The first-order valence-electron chi connectivity index (χ1n) is 6.19. The van der Waals surface area contributed by atoms with Gasteiger partial charge in [0.2, 0.25) is 0 Å². The van der Waals surface area contributed by atoms with Crippen molar-refractivity contribution in [3.05, 3.63) is 49.7 Å². The van der Waals surface area contributed by atoms with Crippen LogP contribution >= 0.6 is 11.3 Å². The first-order chi connectivity index (χ1) is 9.38. The number of nitrogens with one attached hydrogen (secondary N) is 1. The molecule has 0 aliphatic carbocycles. The zero-order chi connectivity index (χ0) is 14.9. The van der Waals surface area contributed by atoms with E-state index < -0.39 is 4.92 Å². The molecule has 1 unspecified atom stereocenters. The molecule has 0 aliphatic heterocycles. The lowest BCUT2D eigenvalue weighted by Gasteiger charge is -2.15. The molecule has 106 valence electrons. The SMILES string of the molecule is Cc1cc(C(C)Nc2ccc(O)cc2[N+](=O)[O-])c(C)s1. The second kappa shape index (κ2) is 5.50. The normalized spacial score (nSPS) is 12.2. The lowest BCUT2D eigenvalue weighted by atomic mass is 10.1. The average molecular weight is 292 g/mol.